The van der Waals surface area contributed by atoms with Crippen LogP contribution in [0.15, 0.2) is 69.5 Å². The average Bonchev–Trinajstić information content (AvgIpc) is 3.39. The van der Waals surface area contributed by atoms with Crippen molar-refractivity contribution in [1.82, 2.24) is 0 Å². The molecule has 3 aromatic rings. The highest BCUT2D eigenvalue weighted by Crippen LogP contribution is 2.44. The van der Waals surface area contributed by atoms with E-state index in [1.54, 1.807) is 44.2 Å². The molecule has 0 saturated carbocycles. The number of carbonyl (C=O) groups is 2. The van der Waals surface area contributed by atoms with Gasteiger partial charge in [0.15, 0.2) is 0 Å². The van der Waals surface area contributed by atoms with Gasteiger partial charge in [0.05, 0.1) is 29.2 Å². The molecule has 1 aliphatic heterocycles. The number of anilines is 1. The first-order chi connectivity index (χ1) is 17.6. The molecule has 194 valence electrons. The van der Waals surface area contributed by atoms with E-state index in [2.05, 4.69) is 0 Å². The second-order valence-electron chi connectivity index (χ2n) is 8.18. The fourth-order valence-corrected chi connectivity index (χ4v) is 4.65. The predicted molar refractivity (Wildman–Crippen MR) is 135 cm³/mol. The number of amides is 1. The average molecular weight is 527 g/mol. The maximum Gasteiger partial charge on any atom is 0.300 e. The summed E-state index contributed by atoms with van der Waals surface area (Å²) in [7, 11) is -3.97. The van der Waals surface area contributed by atoms with E-state index < -0.39 is 33.5 Å². The van der Waals surface area contributed by atoms with Crippen LogP contribution in [0.5, 0.6) is 11.5 Å². The fraction of sp³-hybridized carbons (Fsp3) is 0.231. The van der Waals surface area contributed by atoms with Crippen LogP contribution in [0.3, 0.4) is 0 Å². The Balaban J connectivity index is 1.91. The minimum Gasteiger partial charge on any atom is -0.507 e. The smallest absolute Gasteiger partial charge is 0.300 e. The lowest BCUT2D eigenvalue weighted by Crippen LogP contribution is -2.29. The summed E-state index contributed by atoms with van der Waals surface area (Å²) in [4.78, 5) is 27.6. The van der Waals surface area contributed by atoms with Gasteiger partial charge in [0.25, 0.3) is 11.7 Å². The van der Waals surface area contributed by atoms with E-state index in [-0.39, 0.29) is 39.8 Å². The summed E-state index contributed by atoms with van der Waals surface area (Å²) in [5.41, 5.74) is 0.200. The third-order valence-electron chi connectivity index (χ3n) is 5.74. The number of aliphatic hydroxyl groups excluding tert-OH is 1. The third-order valence-corrected chi connectivity index (χ3v) is 6.67. The van der Waals surface area contributed by atoms with Gasteiger partial charge in [-0.15, -0.1) is 0 Å². The number of ketones is 1. The molecule has 0 radical (unpaired) electrons. The molecule has 11 heteroatoms. The van der Waals surface area contributed by atoms with Gasteiger partial charge in [-0.05, 0) is 69.3 Å². The Morgan fingerprint density at radius 2 is 1.70 bits per heavy atom. The second kappa shape index (κ2) is 10.1. The number of hydrogen-bond acceptors (Lipinski definition) is 8. The molecule has 1 saturated heterocycles. The monoisotopic (exact) mass is 526 g/mol. The molecular weight excluding hydrogens is 500 g/mol. The highest BCUT2D eigenvalue weighted by molar-refractivity contribution is 7.89. The van der Waals surface area contributed by atoms with Crippen LogP contribution in [0.25, 0.3) is 5.76 Å². The molecule has 0 aliphatic carbocycles. The van der Waals surface area contributed by atoms with Crippen molar-refractivity contribution >= 4 is 33.2 Å². The Labute approximate surface area is 213 Å². The molecule has 2 aromatic carbocycles. The summed E-state index contributed by atoms with van der Waals surface area (Å²) in [6.45, 7) is 6.01. The number of hydrogen-bond donors (Lipinski definition) is 2. The number of ether oxygens (including phenoxy) is 2. The molecule has 1 atom stereocenters. The van der Waals surface area contributed by atoms with Crippen LogP contribution >= 0.6 is 0 Å². The van der Waals surface area contributed by atoms with Gasteiger partial charge in [-0.25, -0.2) is 13.6 Å². The summed E-state index contributed by atoms with van der Waals surface area (Å²) < 4.78 is 40.4. The zero-order valence-corrected chi connectivity index (χ0v) is 21.2. The Morgan fingerprint density at radius 3 is 2.27 bits per heavy atom. The first kappa shape index (κ1) is 26.0. The van der Waals surface area contributed by atoms with Gasteiger partial charge in [0.2, 0.25) is 10.0 Å². The molecule has 0 spiro atoms. The zero-order valence-electron chi connectivity index (χ0n) is 20.4. The molecule has 37 heavy (non-hydrogen) atoms. The summed E-state index contributed by atoms with van der Waals surface area (Å²) in [5, 5.41) is 16.6. The van der Waals surface area contributed by atoms with Gasteiger partial charge in [-0.2, -0.15) is 0 Å². The number of sulfonamides is 1. The number of rotatable bonds is 8. The van der Waals surface area contributed by atoms with Gasteiger partial charge in [-0.1, -0.05) is 0 Å². The van der Waals surface area contributed by atoms with Crippen molar-refractivity contribution in [3.05, 3.63) is 77.3 Å². The number of nitrogens with two attached hydrogens (primary N) is 1. The van der Waals surface area contributed by atoms with E-state index in [9.17, 15) is 23.1 Å². The first-order valence-electron chi connectivity index (χ1n) is 11.5. The van der Waals surface area contributed by atoms with Crippen LogP contribution in [0.4, 0.5) is 5.69 Å². The van der Waals surface area contributed by atoms with Crippen LogP contribution in [-0.2, 0) is 19.6 Å². The van der Waals surface area contributed by atoms with Crippen molar-refractivity contribution in [2.75, 3.05) is 18.1 Å². The maximum absolute atomic E-state index is 13.3. The Kier molecular flexibility index (Phi) is 7.10. The van der Waals surface area contributed by atoms with Gasteiger partial charge < -0.3 is 19.0 Å². The minimum absolute atomic E-state index is 0.158. The summed E-state index contributed by atoms with van der Waals surface area (Å²) in [6.07, 6.45) is 0. The van der Waals surface area contributed by atoms with E-state index in [0.717, 1.165) is 4.90 Å². The lowest BCUT2D eigenvalue weighted by atomic mass is 9.98. The number of furan rings is 1. The topological polar surface area (TPSA) is 149 Å². The molecule has 2 heterocycles. The van der Waals surface area contributed by atoms with Crippen molar-refractivity contribution in [2.45, 2.75) is 31.7 Å². The third kappa shape index (κ3) is 4.95. The Bertz CT molecular complexity index is 1490. The van der Waals surface area contributed by atoms with Crippen molar-refractivity contribution < 1.29 is 37.0 Å². The van der Waals surface area contributed by atoms with Crippen molar-refractivity contribution in [3.8, 4) is 11.5 Å². The SMILES string of the molecule is CCOc1ccc(/C(O)=C2/C(=O)C(=O)N(c3ccc(S(N)(=O)=O)cc3)C2c2ccc(C)o2)c(OCC)c1. The fourth-order valence-electron chi connectivity index (χ4n) is 4.14. The van der Waals surface area contributed by atoms with E-state index >= 15 is 0 Å². The molecule has 4 rings (SSSR count). The zero-order chi connectivity index (χ0) is 26.9. The van der Waals surface area contributed by atoms with E-state index in [1.165, 1.54) is 24.3 Å². The van der Waals surface area contributed by atoms with Crippen molar-refractivity contribution in [3.63, 3.8) is 0 Å². The summed E-state index contributed by atoms with van der Waals surface area (Å²) >= 11 is 0. The highest BCUT2D eigenvalue weighted by atomic mass is 32.2. The number of aliphatic hydroxyl groups is 1. The largest absolute Gasteiger partial charge is 0.507 e. The number of primary sulfonamides is 1. The van der Waals surface area contributed by atoms with Gasteiger partial charge in [0, 0.05) is 11.8 Å². The van der Waals surface area contributed by atoms with E-state index in [1.807, 2.05) is 6.92 Å². The van der Waals surface area contributed by atoms with Gasteiger partial charge >= 0.3 is 0 Å². The lowest BCUT2D eigenvalue weighted by Gasteiger charge is -2.23. The van der Waals surface area contributed by atoms with Gasteiger partial charge in [-0.3, -0.25) is 14.5 Å². The molecule has 1 unspecified atom stereocenters. The molecule has 1 fully saturated rings. The quantitative estimate of drug-likeness (QED) is 0.257. The molecule has 1 amide bonds. The van der Waals surface area contributed by atoms with Crippen LogP contribution in [0.1, 0.15) is 37.0 Å². The number of aryl methyl sites for hydroxylation is 1. The molecule has 3 N–H and O–H groups in total. The van der Waals surface area contributed by atoms with E-state index in [4.69, 9.17) is 19.0 Å². The summed E-state index contributed by atoms with van der Waals surface area (Å²) in [6, 6.07) is 12.1. The lowest BCUT2D eigenvalue weighted by molar-refractivity contribution is -0.132. The number of carbonyl (C=O) groups excluding carboxylic acids is 2. The number of benzene rings is 2. The summed E-state index contributed by atoms with van der Waals surface area (Å²) in [5.74, 6) is -0.775. The standard InChI is InChI=1S/C26H26N2O8S/c1-4-34-17-9-12-19(21(14-17)35-5-2)24(29)22-23(20-13-6-15(3)36-20)28(26(31)25(22)30)16-7-10-18(11-8-16)37(27,32)33/h6-14,23,29H,4-5H2,1-3H3,(H2,27,32,33)/b24-22-. The van der Waals surface area contributed by atoms with Gasteiger partial charge in [0.1, 0.15) is 34.8 Å². The Hall–Kier alpha value is -4.09. The highest BCUT2D eigenvalue weighted by Gasteiger charge is 2.48. The van der Waals surface area contributed by atoms with Crippen LogP contribution in [0.2, 0.25) is 0 Å². The van der Waals surface area contributed by atoms with Crippen LogP contribution in [-0.4, -0.2) is 38.4 Å². The predicted octanol–water partition coefficient (Wildman–Crippen LogP) is 3.66. The maximum atomic E-state index is 13.3. The first-order valence-corrected chi connectivity index (χ1v) is 13.0. The van der Waals surface area contributed by atoms with Crippen molar-refractivity contribution in [1.29, 1.82) is 0 Å². The molecule has 10 nitrogen and oxygen atoms in total. The minimum atomic E-state index is -3.97. The van der Waals surface area contributed by atoms with Crippen LogP contribution in [0, 0.1) is 6.92 Å². The molecule has 0 bridgehead atoms. The number of nitrogens with zero attached hydrogens (tertiary/aromatic N) is 1. The normalized spacial score (nSPS) is 17.3. The van der Waals surface area contributed by atoms with Crippen molar-refractivity contribution in [2.24, 2.45) is 5.14 Å². The van der Waals surface area contributed by atoms with Crippen LogP contribution < -0.4 is 19.5 Å². The molecule has 1 aliphatic rings. The second-order valence-corrected chi connectivity index (χ2v) is 9.74. The van der Waals surface area contributed by atoms with E-state index in [0.29, 0.717) is 18.1 Å². The Morgan fingerprint density at radius 1 is 1.03 bits per heavy atom. The molecule has 1 aromatic heterocycles. The number of Topliss-reactive ketones (excluding diaryl/α,β-unsaturated/α-hetero) is 1. The molecular formula is C26H26N2O8S.